The second kappa shape index (κ2) is 12.9. The van der Waals surface area contributed by atoms with E-state index in [1.807, 2.05) is 6.92 Å². The van der Waals surface area contributed by atoms with Gasteiger partial charge in [0.05, 0.1) is 25.6 Å². The number of aromatic nitrogens is 1. The lowest BCUT2D eigenvalue weighted by Gasteiger charge is -2.34. The Morgan fingerprint density at radius 1 is 1.13 bits per heavy atom. The third-order valence-corrected chi connectivity index (χ3v) is 9.45. The van der Waals surface area contributed by atoms with Gasteiger partial charge < -0.3 is 39.0 Å². The van der Waals surface area contributed by atoms with Crippen LogP contribution in [0.2, 0.25) is 0 Å². The third-order valence-electron chi connectivity index (χ3n) is 7.83. The maximum Gasteiger partial charge on any atom is 0.321 e. The monoisotopic (exact) mass is 643 g/mol. The number of ether oxygens (including phenoxy) is 3. The van der Waals surface area contributed by atoms with E-state index in [1.165, 1.54) is 18.7 Å². The number of carbonyl (C=O) groups is 2. The Morgan fingerprint density at radius 3 is 2.56 bits per heavy atom. The van der Waals surface area contributed by atoms with Crippen LogP contribution in [-0.2, 0) is 21.2 Å². The second-order valence-electron chi connectivity index (χ2n) is 11.3. The van der Waals surface area contributed by atoms with Crippen LogP contribution in [0.5, 0.6) is 17.2 Å². The van der Waals surface area contributed by atoms with E-state index in [0.717, 1.165) is 0 Å². The summed E-state index contributed by atoms with van der Waals surface area (Å²) in [6.45, 7) is 7.01. The maximum absolute atomic E-state index is 13.5. The first kappa shape index (κ1) is 31.9. The van der Waals surface area contributed by atoms with E-state index in [1.54, 1.807) is 55.3 Å². The van der Waals surface area contributed by atoms with Gasteiger partial charge in [-0.3, -0.25) is 9.52 Å². The van der Waals surface area contributed by atoms with Gasteiger partial charge in [-0.05, 0) is 51.1 Å². The number of aliphatic hydroxyl groups is 1. The van der Waals surface area contributed by atoms with Gasteiger partial charge in [-0.2, -0.15) is 0 Å². The highest BCUT2D eigenvalue weighted by Crippen LogP contribution is 2.35. The SMILES string of the molecule is Cc1noc(C)c1S(=O)(=O)Nc1ccc2c(c1)CC(=O)N([C@@H](C)CO)C[C@@H](C)[C@H](CN(C)C(=O)Nc1ccc3c(c1)OCO3)O2. The second-order valence-corrected chi connectivity index (χ2v) is 13.0. The van der Waals surface area contributed by atoms with Crippen molar-refractivity contribution in [2.24, 2.45) is 5.92 Å². The van der Waals surface area contributed by atoms with Gasteiger partial charge in [-0.25, -0.2) is 13.2 Å². The molecule has 0 unspecified atom stereocenters. The Kier molecular flexibility index (Phi) is 9.11. The standard InChI is InChI=1S/C30H37N5O9S/c1-17-13-35(18(2)15-36)28(37)11-21-10-23(33-45(39,40)29-19(3)32-44-20(29)4)7-8-24(21)43-27(17)14-34(5)30(38)31-22-6-9-25-26(12-22)42-16-41-25/h6-10,12,17-18,27,33,36H,11,13-16H2,1-5H3,(H,31,38)/t17-,18+,27+/m1/s1. The fraction of sp³-hybridized carbons (Fsp3) is 0.433. The molecule has 242 valence electrons. The number of hydrogen-bond donors (Lipinski definition) is 3. The normalized spacial score (nSPS) is 18.6. The Morgan fingerprint density at radius 2 is 1.84 bits per heavy atom. The Balaban J connectivity index is 1.40. The van der Waals surface area contributed by atoms with E-state index in [9.17, 15) is 23.1 Å². The van der Waals surface area contributed by atoms with Crippen molar-refractivity contribution in [2.75, 3.05) is 43.6 Å². The molecule has 2 aliphatic rings. The number of sulfonamides is 1. The summed E-state index contributed by atoms with van der Waals surface area (Å²) in [5.74, 6) is 1.16. The molecular formula is C30H37N5O9S. The van der Waals surface area contributed by atoms with Crippen LogP contribution in [0.3, 0.4) is 0 Å². The number of rotatable bonds is 8. The van der Waals surface area contributed by atoms with E-state index in [2.05, 4.69) is 15.2 Å². The van der Waals surface area contributed by atoms with Gasteiger partial charge in [-0.1, -0.05) is 12.1 Å². The fourth-order valence-electron chi connectivity index (χ4n) is 5.32. The van der Waals surface area contributed by atoms with Crippen LogP contribution in [0.4, 0.5) is 16.2 Å². The lowest BCUT2D eigenvalue weighted by molar-refractivity contribution is -0.134. The predicted octanol–water partition coefficient (Wildman–Crippen LogP) is 3.13. The maximum atomic E-state index is 13.5. The smallest absolute Gasteiger partial charge is 0.321 e. The molecule has 14 nitrogen and oxygen atoms in total. The van der Waals surface area contributed by atoms with E-state index in [4.69, 9.17) is 18.7 Å². The molecule has 0 saturated heterocycles. The molecule has 2 aromatic carbocycles. The quantitative estimate of drug-likeness (QED) is 0.331. The number of aryl methyl sites for hydroxylation is 2. The van der Waals surface area contributed by atoms with Crippen LogP contribution in [-0.4, -0.2) is 86.1 Å². The molecule has 5 rings (SSSR count). The van der Waals surface area contributed by atoms with E-state index in [-0.39, 0.29) is 72.8 Å². The summed E-state index contributed by atoms with van der Waals surface area (Å²) in [6.07, 6.45) is -0.666. The number of nitrogens with one attached hydrogen (secondary N) is 2. The minimum absolute atomic E-state index is 0.0581. The average molecular weight is 644 g/mol. The zero-order valence-corrected chi connectivity index (χ0v) is 26.5. The molecule has 0 saturated carbocycles. The minimum atomic E-state index is -4.04. The van der Waals surface area contributed by atoms with Gasteiger partial charge >= 0.3 is 6.03 Å². The Labute approximate surface area is 261 Å². The predicted molar refractivity (Wildman–Crippen MR) is 163 cm³/mol. The number of fused-ring (bicyclic) bond motifs is 2. The first-order valence-corrected chi connectivity index (χ1v) is 15.9. The molecule has 0 fully saturated rings. The van der Waals surface area contributed by atoms with Crippen molar-refractivity contribution in [3.63, 3.8) is 0 Å². The fourth-order valence-corrected chi connectivity index (χ4v) is 6.70. The van der Waals surface area contributed by atoms with Crippen molar-refractivity contribution in [2.45, 2.75) is 51.2 Å². The highest BCUT2D eigenvalue weighted by atomic mass is 32.2. The van der Waals surface area contributed by atoms with E-state index < -0.39 is 22.2 Å². The highest BCUT2D eigenvalue weighted by Gasteiger charge is 2.32. The molecule has 3 heterocycles. The van der Waals surface area contributed by atoms with Crippen molar-refractivity contribution < 1.29 is 41.8 Å². The summed E-state index contributed by atoms with van der Waals surface area (Å²) in [4.78, 5) is 29.7. The van der Waals surface area contributed by atoms with Gasteiger partial charge in [0, 0.05) is 42.5 Å². The van der Waals surface area contributed by atoms with Crippen LogP contribution in [0.1, 0.15) is 30.9 Å². The number of amides is 3. The van der Waals surface area contributed by atoms with Gasteiger partial charge in [0.15, 0.2) is 22.2 Å². The molecule has 0 bridgehead atoms. The van der Waals surface area contributed by atoms with Crippen LogP contribution < -0.4 is 24.2 Å². The number of anilines is 2. The summed E-state index contributed by atoms with van der Waals surface area (Å²) >= 11 is 0. The molecule has 3 N–H and O–H groups in total. The molecule has 15 heteroatoms. The molecule has 3 atom stereocenters. The molecule has 3 amide bonds. The van der Waals surface area contributed by atoms with Crippen molar-refractivity contribution in [1.82, 2.24) is 15.0 Å². The highest BCUT2D eigenvalue weighted by molar-refractivity contribution is 7.92. The van der Waals surface area contributed by atoms with Crippen LogP contribution in [0.25, 0.3) is 0 Å². The molecule has 0 spiro atoms. The Bertz CT molecular complexity index is 1670. The number of nitrogens with zero attached hydrogens (tertiary/aromatic N) is 3. The topological polar surface area (TPSA) is 173 Å². The summed E-state index contributed by atoms with van der Waals surface area (Å²) in [7, 11) is -2.40. The zero-order valence-electron chi connectivity index (χ0n) is 25.7. The van der Waals surface area contributed by atoms with Crippen molar-refractivity contribution in [3.8, 4) is 17.2 Å². The van der Waals surface area contributed by atoms with Crippen LogP contribution in [0.15, 0.2) is 45.8 Å². The lowest BCUT2D eigenvalue weighted by Crippen LogP contribution is -2.48. The molecule has 0 aliphatic carbocycles. The van der Waals surface area contributed by atoms with E-state index >= 15 is 0 Å². The van der Waals surface area contributed by atoms with Gasteiger partial charge in [0.1, 0.15) is 17.5 Å². The van der Waals surface area contributed by atoms with Gasteiger partial charge in [0.25, 0.3) is 10.0 Å². The van der Waals surface area contributed by atoms with Gasteiger partial charge in [0.2, 0.25) is 12.7 Å². The average Bonchev–Trinajstić information content (AvgIpc) is 3.61. The molecule has 0 radical (unpaired) electrons. The molecule has 45 heavy (non-hydrogen) atoms. The molecule has 1 aromatic heterocycles. The summed E-state index contributed by atoms with van der Waals surface area (Å²) in [5.41, 5.74) is 1.42. The minimum Gasteiger partial charge on any atom is -0.488 e. The Hall–Kier alpha value is -4.50. The first-order valence-electron chi connectivity index (χ1n) is 14.4. The third kappa shape index (κ3) is 6.93. The van der Waals surface area contributed by atoms with Crippen molar-refractivity contribution in [1.29, 1.82) is 0 Å². The number of hydrogen-bond acceptors (Lipinski definition) is 10. The van der Waals surface area contributed by atoms with Crippen molar-refractivity contribution >= 4 is 33.3 Å². The van der Waals surface area contributed by atoms with Crippen LogP contribution in [0, 0.1) is 19.8 Å². The molecule has 3 aromatic rings. The summed E-state index contributed by atoms with van der Waals surface area (Å²) < 4.78 is 51.1. The number of aliphatic hydroxyl groups excluding tert-OH is 1. The lowest BCUT2D eigenvalue weighted by atomic mass is 10.0. The van der Waals surface area contributed by atoms with E-state index in [0.29, 0.717) is 28.5 Å². The summed E-state index contributed by atoms with van der Waals surface area (Å²) in [5, 5.41) is 16.5. The number of urea groups is 1. The largest absolute Gasteiger partial charge is 0.488 e. The number of likely N-dealkylation sites (N-methyl/N-ethyl adjacent to an activating group) is 1. The summed E-state index contributed by atoms with van der Waals surface area (Å²) in [6, 6.07) is 8.95. The number of benzene rings is 2. The van der Waals surface area contributed by atoms with Crippen LogP contribution >= 0.6 is 0 Å². The zero-order chi connectivity index (χ0) is 32.5. The number of carbonyl (C=O) groups excluding carboxylic acids is 2. The molecule has 2 aliphatic heterocycles. The van der Waals surface area contributed by atoms with Crippen molar-refractivity contribution in [3.05, 3.63) is 53.4 Å². The molecular weight excluding hydrogens is 606 g/mol. The first-order chi connectivity index (χ1) is 21.4. The van der Waals surface area contributed by atoms with Gasteiger partial charge in [-0.15, -0.1) is 0 Å².